The number of nitrogens with one attached hydrogen (secondary N) is 1. The fourth-order valence-electron chi connectivity index (χ4n) is 1.39. The SMILES string of the molecule is CC(C)OC(=O)CCC(NC(=O)C(F)(F)F)C(=O)OC(C)C. The molecule has 0 aliphatic heterocycles. The van der Waals surface area contributed by atoms with Gasteiger partial charge in [-0.2, -0.15) is 13.2 Å². The molecule has 0 aromatic rings. The van der Waals surface area contributed by atoms with Gasteiger partial charge in [0, 0.05) is 6.42 Å². The van der Waals surface area contributed by atoms with E-state index in [1.165, 1.54) is 19.2 Å². The molecule has 1 N–H and O–H groups in total. The minimum Gasteiger partial charge on any atom is -0.463 e. The molecule has 0 aliphatic rings. The number of halogens is 3. The highest BCUT2D eigenvalue weighted by Gasteiger charge is 2.41. The summed E-state index contributed by atoms with van der Waals surface area (Å²) in [5.41, 5.74) is 0. The van der Waals surface area contributed by atoms with Gasteiger partial charge in [0.1, 0.15) is 6.04 Å². The highest BCUT2D eigenvalue weighted by atomic mass is 19.4. The molecule has 0 heterocycles. The Balaban J connectivity index is 4.76. The molecule has 0 rings (SSSR count). The van der Waals surface area contributed by atoms with Gasteiger partial charge in [0.2, 0.25) is 0 Å². The summed E-state index contributed by atoms with van der Waals surface area (Å²) in [6.45, 7) is 6.23. The van der Waals surface area contributed by atoms with Crippen molar-refractivity contribution < 1.29 is 37.0 Å². The largest absolute Gasteiger partial charge is 0.471 e. The zero-order valence-electron chi connectivity index (χ0n) is 12.8. The molecule has 0 aromatic heterocycles. The van der Waals surface area contributed by atoms with Gasteiger partial charge in [0.15, 0.2) is 0 Å². The Hall–Kier alpha value is -1.80. The van der Waals surface area contributed by atoms with Gasteiger partial charge < -0.3 is 14.8 Å². The van der Waals surface area contributed by atoms with Crippen LogP contribution in [0.25, 0.3) is 0 Å². The Kier molecular flexibility index (Phi) is 7.89. The van der Waals surface area contributed by atoms with Crippen molar-refractivity contribution in [2.75, 3.05) is 0 Å². The van der Waals surface area contributed by atoms with E-state index >= 15 is 0 Å². The molecule has 22 heavy (non-hydrogen) atoms. The summed E-state index contributed by atoms with van der Waals surface area (Å²) in [6.07, 6.45) is -6.76. The number of ether oxygens (including phenoxy) is 2. The van der Waals surface area contributed by atoms with Crippen molar-refractivity contribution in [3.05, 3.63) is 0 Å². The predicted molar refractivity (Wildman–Crippen MR) is 69.7 cm³/mol. The molecule has 1 atom stereocenters. The standard InChI is InChI=1S/C13H20F3NO5/c1-7(2)21-10(18)6-5-9(11(19)22-8(3)4)17-12(20)13(14,15)16/h7-9H,5-6H2,1-4H3,(H,17,20). The van der Waals surface area contributed by atoms with Gasteiger partial charge in [-0.1, -0.05) is 0 Å². The first kappa shape index (κ1) is 20.2. The number of esters is 2. The summed E-state index contributed by atoms with van der Waals surface area (Å²) in [6, 6.07) is -1.57. The Bertz CT molecular complexity index is 407. The summed E-state index contributed by atoms with van der Waals surface area (Å²) in [5, 5.41) is 1.52. The highest BCUT2D eigenvalue weighted by Crippen LogP contribution is 2.16. The lowest BCUT2D eigenvalue weighted by molar-refractivity contribution is -0.176. The number of carbonyl (C=O) groups excluding carboxylic acids is 3. The predicted octanol–water partition coefficient (Wildman–Crippen LogP) is 1.72. The molecule has 0 aromatic carbocycles. The van der Waals surface area contributed by atoms with Gasteiger partial charge in [-0.05, 0) is 34.1 Å². The molecule has 9 heteroatoms. The molecule has 0 radical (unpaired) electrons. The fraction of sp³-hybridized carbons (Fsp3) is 0.769. The van der Waals surface area contributed by atoms with E-state index < -0.39 is 42.3 Å². The van der Waals surface area contributed by atoms with Crippen LogP contribution in [0.1, 0.15) is 40.5 Å². The first-order valence-electron chi connectivity index (χ1n) is 6.71. The van der Waals surface area contributed by atoms with Crippen molar-refractivity contribution in [2.24, 2.45) is 0 Å². The average Bonchev–Trinajstić information content (AvgIpc) is 2.30. The summed E-state index contributed by atoms with van der Waals surface area (Å²) in [5.74, 6) is -3.99. The molecule has 1 amide bonds. The number of amides is 1. The topological polar surface area (TPSA) is 81.7 Å². The number of hydrogen-bond donors (Lipinski definition) is 1. The van der Waals surface area contributed by atoms with Gasteiger partial charge in [-0.25, -0.2) is 4.79 Å². The number of alkyl halides is 3. The van der Waals surface area contributed by atoms with E-state index in [4.69, 9.17) is 9.47 Å². The maximum absolute atomic E-state index is 12.3. The van der Waals surface area contributed by atoms with Crippen molar-refractivity contribution in [1.29, 1.82) is 0 Å². The zero-order chi connectivity index (χ0) is 17.5. The Morgan fingerprint density at radius 2 is 1.50 bits per heavy atom. The summed E-state index contributed by atoms with van der Waals surface area (Å²) in [7, 11) is 0. The lowest BCUT2D eigenvalue weighted by Gasteiger charge is -2.19. The third-order valence-electron chi connectivity index (χ3n) is 2.20. The molecule has 1 unspecified atom stereocenters. The van der Waals surface area contributed by atoms with Gasteiger partial charge >= 0.3 is 24.0 Å². The maximum Gasteiger partial charge on any atom is 0.471 e. The van der Waals surface area contributed by atoms with Crippen LogP contribution in [0.15, 0.2) is 0 Å². The van der Waals surface area contributed by atoms with E-state index in [-0.39, 0.29) is 12.8 Å². The van der Waals surface area contributed by atoms with E-state index in [2.05, 4.69) is 0 Å². The Morgan fingerprint density at radius 1 is 1.00 bits per heavy atom. The van der Waals surface area contributed by atoms with Crippen molar-refractivity contribution >= 4 is 17.8 Å². The normalized spacial score (nSPS) is 13.0. The first-order chi connectivity index (χ1) is 9.93. The number of hydrogen-bond acceptors (Lipinski definition) is 5. The van der Waals surface area contributed by atoms with E-state index in [1.54, 1.807) is 13.8 Å². The van der Waals surface area contributed by atoms with Gasteiger partial charge in [-0.3, -0.25) is 9.59 Å². The van der Waals surface area contributed by atoms with Crippen molar-refractivity contribution in [2.45, 2.75) is 65.0 Å². The summed E-state index contributed by atoms with van der Waals surface area (Å²) >= 11 is 0. The van der Waals surface area contributed by atoms with Crippen molar-refractivity contribution in [1.82, 2.24) is 5.32 Å². The zero-order valence-corrected chi connectivity index (χ0v) is 12.8. The van der Waals surface area contributed by atoms with Crippen LogP contribution in [0.5, 0.6) is 0 Å². The third kappa shape index (κ3) is 8.48. The Labute approximate surface area is 126 Å². The minimum absolute atomic E-state index is 0.325. The van der Waals surface area contributed by atoms with Crippen LogP contribution in [-0.4, -0.2) is 42.3 Å². The second kappa shape index (κ2) is 8.60. The van der Waals surface area contributed by atoms with Crippen LogP contribution >= 0.6 is 0 Å². The van der Waals surface area contributed by atoms with Crippen LogP contribution in [0.4, 0.5) is 13.2 Å². The molecule has 0 saturated heterocycles. The average molecular weight is 327 g/mol. The van der Waals surface area contributed by atoms with Gasteiger partial charge in [-0.15, -0.1) is 0 Å². The molecule has 0 fully saturated rings. The van der Waals surface area contributed by atoms with Crippen molar-refractivity contribution in [3.8, 4) is 0 Å². The van der Waals surface area contributed by atoms with Crippen LogP contribution in [0.3, 0.4) is 0 Å². The van der Waals surface area contributed by atoms with Gasteiger partial charge in [0.25, 0.3) is 0 Å². The maximum atomic E-state index is 12.3. The smallest absolute Gasteiger partial charge is 0.463 e. The quantitative estimate of drug-likeness (QED) is 0.720. The van der Waals surface area contributed by atoms with Crippen LogP contribution in [0.2, 0.25) is 0 Å². The molecule has 6 nitrogen and oxygen atoms in total. The lowest BCUT2D eigenvalue weighted by Crippen LogP contribution is -2.48. The first-order valence-corrected chi connectivity index (χ1v) is 6.71. The highest BCUT2D eigenvalue weighted by molar-refractivity contribution is 5.87. The van der Waals surface area contributed by atoms with E-state index in [0.717, 1.165) is 0 Å². The monoisotopic (exact) mass is 327 g/mol. The third-order valence-corrected chi connectivity index (χ3v) is 2.20. The van der Waals surface area contributed by atoms with E-state index in [1.807, 2.05) is 0 Å². The lowest BCUT2D eigenvalue weighted by atomic mass is 10.1. The number of carbonyl (C=O) groups is 3. The van der Waals surface area contributed by atoms with Crippen molar-refractivity contribution in [3.63, 3.8) is 0 Å². The van der Waals surface area contributed by atoms with Crippen LogP contribution in [0, 0.1) is 0 Å². The second-order valence-electron chi connectivity index (χ2n) is 5.09. The van der Waals surface area contributed by atoms with E-state index in [9.17, 15) is 27.6 Å². The van der Waals surface area contributed by atoms with Gasteiger partial charge in [0.05, 0.1) is 12.2 Å². The number of rotatable bonds is 7. The molecule has 128 valence electrons. The Morgan fingerprint density at radius 3 is 1.91 bits per heavy atom. The van der Waals surface area contributed by atoms with E-state index in [0.29, 0.717) is 0 Å². The summed E-state index contributed by atoms with van der Waals surface area (Å²) in [4.78, 5) is 34.0. The molecule has 0 aliphatic carbocycles. The van der Waals surface area contributed by atoms with Crippen LogP contribution in [-0.2, 0) is 23.9 Å². The summed E-state index contributed by atoms with van der Waals surface area (Å²) < 4.78 is 46.3. The molecule has 0 bridgehead atoms. The molecular weight excluding hydrogens is 307 g/mol. The molecular formula is C13H20F3NO5. The van der Waals surface area contributed by atoms with Crippen LogP contribution < -0.4 is 5.32 Å². The minimum atomic E-state index is -5.13. The fourth-order valence-corrected chi connectivity index (χ4v) is 1.39. The molecule has 0 saturated carbocycles. The molecule has 0 spiro atoms. The second-order valence-corrected chi connectivity index (χ2v) is 5.09.